The second-order valence-corrected chi connectivity index (χ2v) is 11.4. The van der Waals surface area contributed by atoms with E-state index in [-0.39, 0.29) is 18.2 Å². The number of para-hydroxylation sites is 1. The van der Waals surface area contributed by atoms with Crippen molar-refractivity contribution in [2.24, 2.45) is 5.92 Å². The highest BCUT2D eigenvalue weighted by Gasteiger charge is 2.73. The van der Waals surface area contributed by atoms with E-state index in [9.17, 15) is 19.5 Å². The zero-order valence-corrected chi connectivity index (χ0v) is 23.8. The number of phenolic OH excluding ortho intramolecular Hbond substituents is 1. The molecule has 0 radical (unpaired) electrons. The number of ether oxygens (including phenoxy) is 1. The zero-order valence-electron chi connectivity index (χ0n) is 23.8. The fourth-order valence-corrected chi connectivity index (χ4v) is 7.49. The Hall–Kier alpha value is -5.21. The highest BCUT2D eigenvalue weighted by atomic mass is 16.6. The van der Waals surface area contributed by atoms with Crippen LogP contribution >= 0.6 is 0 Å². The lowest BCUT2D eigenvalue weighted by Crippen LogP contribution is -2.54. The number of rotatable bonds is 6. The molecule has 0 unspecified atom stereocenters. The lowest BCUT2D eigenvalue weighted by molar-refractivity contribution is -0.178. The number of aromatic hydroxyl groups is 1. The van der Waals surface area contributed by atoms with Gasteiger partial charge in [0, 0.05) is 12.2 Å². The molecular weight excluding hydrogens is 554 g/mol. The summed E-state index contributed by atoms with van der Waals surface area (Å²) in [5.74, 6) is -2.49. The van der Waals surface area contributed by atoms with E-state index in [0.717, 1.165) is 11.1 Å². The van der Waals surface area contributed by atoms with Crippen molar-refractivity contribution >= 4 is 23.5 Å². The molecule has 8 heteroatoms. The highest BCUT2D eigenvalue weighted by molar-refractivity contribution is 6.12. The zero-order chi connectivity index (χ0) is 30.4. The van der Waals surface area contributed by atoms with Crippen LogP contribution in [0.1, 0.15) is 40.4 Å². The summed E-state index contributed by atoms with van der Waals surface area (Å²) in [5, 5.41) is 16.2. The second-order valence-electron chi connectivity index (χ2n) is 11.4. The standard InChI is InChI=1S/C36H31N3O5/c1-2-21-37-33(41)28-30-34(42)44-31(23-13-7-4-8-14-23)29(22-11-5-3-6-12-22)39(30)32(24-17-19-25(40)20-18-24)36(28)26-15-9-10-16-27(26)38-35(36)43/h2-20,28-32,40H,1,21H2,(H,37,41)(H,38,43)/t28-,29-,30-,31+,32+,36-/m1/s1. The van der Waals surface area contributed by atoms with Gasteiger partial charge in [-0.2, -0.15) is 0 Å². The van der Waals surface area contributed by atoms with Crippen LogP contribution in [0.15, 0.2) is 122 Å². The summed E-state index contributed by atoms with van der Waals surface area (Å²) < 4.78 is 6.32. The van der Waals surface area contributed by atoms with Crippen LogP contribution < -0.4 is 10.6 Å². The van der Waals surface area contributed by atoms with Crippen molar-refractivity contribution in [2.75, 3.05) is 11.9 Å². The summed E-state index contributed by atoms with van der Waals surface area (Å²) in [6, 6.07) is 30.8. The van der Waals surface area contributed by atoms with Crippen molar-refractivity contribution in [1.29, 1.82) is 0 Å². The Morgan fingerprint density at radius 3 is 2.18 bits per heavy atom. The van der Waals surface area contributed by atoms with Crippen molar-refractivity contribution in [3.8, 4) is 5.75 Å². The van der Waals surface area contributed by atoms with E-state index < -0.39 is 47.4 Å². The molecule has 2 amide bonds. The van der Waals surface area contributed by atoms with Crippen molar-refractivity contribution in [2.45, 2.75) is 29.6 Å². The Labute approximate surface area is 255 Å². The number of hydrogen-bond acceptors (Lipinski definition) is 6. The number of carbonyl (C=O) groups is 3. The number of phenols is 1. The third kappa shape index (κ3) is 4.06. The fourth-order valence-electron chi connectivity index (χ4n) is 7.49. The molecule has 0 aliphatic carbocycles. The third-order valence-electron chi connectivity index (χ3n) is 9.13. The molecule has 0 saturated carbocycles. The lowest BCUT2D eigenvalue weighted by Gasteiger charge is -2.46. The molecule has 1 spiro atoms. The van der Waals surface area contributed by atoms with Crippen LogP contribution in [0.25, 0.3) is 0 Å². The minimum atomic E-state index is -1.51. The molecule has 2 fully saturated rings. The van der Waals surface area contributed by atoms with E-state index in [4.69, 9.17) is 4.74 Å². The average Bonchev–Trinajstić information content (AvgIpc) is 3.53. The second kappa shape index (κ2) is 10.8. The predicted octanol–water partition coefficient (Wildman–Crippen LogP) is 4.97. The predicted molar refractivity (Wildman–Crippen MR) is 164 cm³/mol. The summed E-state index contributed by atoms with van der Waals surface area (Å²) in [6.45, 7) is 3.90. The SMILES string of the molecule is C=CCNC(=O)[C@H]1[C@@H]2C(=O)O[C@@H](c3ccccc3)[C@@H](c3ccccc3)N2[C@@H](c2ccc(O)cc2)[C@]12C(=O)Nc1ccccc12. The summed E-state index contributed by atoms with van der Waals surface area (Å²) in [5.41, 5.74) is 2.06. The summed E-state index contributed by atoms with van der Waals surface area (Å²) in [4.78, 5) is 45.3. The van der Waals surface area contributed by atoms with Gasteiger partial charge in [-0.1, -0.05) is 97.1 Å². The Morgan fingerprint density at radius 2 is 1.50 bits per heavy atom. The molecule has 0 bridgehead atoms. The minimum Gasteiger partial charge on any atom is -0.508 e. The number of amides is 2. The van der Waals surface area contributed by atoms with Gasteiger partial charge in [-0.15, -0.1) is 6.58 Å². The van der Waals surface area contributed by atoms with E-state index in [1.807, 2.05) is 89.8 Å². The van der Waals surface area contributed by atoms with E-state index >= 15 is 0 Å². The largest absolute Gasteiger partial charge is 0.508 e. The van der Waals surface area contributed by atoms with Gasteiger partial charge >= 0.3 is 5.97 Å². The van der Waals surface area contributed by atoms with Gasteiger partial charge in [0.05, 0.1) is 18.0 Å². The lowest BCUT2D eigenvalue weighted by atomic mass is 9.65. The first-order valence-electron chi connectivity index (χ1n) is 14.6. The number of anilines is 1. The molecule has 0 aromatic heterocycles. The van der Waals surface area contributed by atoms with Gasteiger partial charge in [0.1, 0.15) is 23.3 Å². The molecule has 3 aliphatic rings. The molecular formula is C36H31N3O5. The number of esters is 1. The van der Waals surface area contributed by atoms with Gasteiger partial charge < -0.3 is 20.5 Å². The molecule has 2 saturated heterocycles. The molecule has 6 atom stereocenters. The number of carbonyl (C=O) groups excluding carboxylic acids is 3. The number of fused-ring (bicyclic) bond motifs is 3. The van der Waals surface area contributed by atoms with Gasteiger partial charge in [-0.05, 0) is 40.5 Å². The van der Waals surface area contributed by atoms with Gasteiger partial charge in [-0.25, -0.2) is 0 Å². The molecule has 4 aromatic carbocycles. The molecule has 3 heterocycles. The summed E-state index contributed by atoms with van der Waals surface area (Å²) in [6.07, 6.45) is 0.836. The summed E-state index contributed by atoms with van der Waals surface area (Å²) in [7, 11) is 0. The van der Waals surface area contributed by atoms with Crippen molar-refractivity contribution < 1.29 is 24.2 Å². The Morgan fingerprint density at radius 1 is 0.864 bits per heavy atom. The maximum atomic E-state index is 14.6. The van der Waals surface area contributed by atoms with Crippen LogP contribution in [0.3, 0.4) is 0 Å². The number of benzene rings is 4. The Kier molecular flexibility index (Phi) is 6.78. The smallest absolute Gasteiger partial charge is 0.324 e. The quantitative estimate of drug-likeness (QED) is 0.218. The molecule has 220 valence electrons. The monoisotopic (exact) mass is 585 g/mol. The highest BCUT2D eigenvalue weighted by Crippen LogP contribution is 2.64. The average molecular weight is 586 g/mol. The first kappa shape index (κ1) is 27.6. The van der Waals surface area contributed by atoms with Crippen LogP contribution in [0, 0.1) is 5.92 Å². The molecule has 8 nitrogen and oxygen atoms in total. The number of nitrogens with zero attached hydrogens (tertiary/aromatic N) is 1. The van der Waals surface area contributed by atoms with Crippen LogP contribution in [0.4, 0.5) is 5.69 Å². The number of hydrogen-bond donors (Lipinski definition) is 3. The third-order valence-corrected chi connectivity index (χ3v) is 9.13. The van der Waals surface area contributed by atoms with Gasteiger partial charge in [-0.3, -0.25) is 19.3 Å². The minimum absolute atomic E-state index is 0.0636. The van der Waals surface area contributed by atoms with Crippen LogP contribution in [0.2, 0.25) is 0 Å². The van der Waals surface area contributed by atoms with E-state index in [1.54, 1.807) is 30.3 Å². The molecule has 44 heavy (non-hydrogen) atoms. The number of nitrogens with one attached hydrogen (secondary N) is 2. The van der Waals surface area contributed by atoms with E-state index in [1.165, 1.54) is 0 Å². The van der Waals surface area contributed by atoms with Crippen molar-refractivity contribution in [3.63, 3.8) is 0 Å². The Balaban J connectivity index is 1.55. The van der Waals surface area contributed by atoms with Crippen LogP contribution in [-0.2, 0) is 24.5 Å². The van der Waals surface area contributed by atoms with E-state index in [2.05, 4.69) is 17.2 Å². The van der Waals surface area contributed by atoms with Gasteiger partial charge in [0.2, 0.25) is 11.8 Å². The molecule has 3 N–H and O–H groups in total. The molecule has 7 rings (SSSR count). The maximum Gasteiger partial charge on any atom is 0.324 e. The van der Waals surface area contributed by atoms with Crippen molar-refractivity contribution in [1.82, 2.24) is 10.2 Å². The maximum absolute atomic E-state index is 14.6. The molecule has 4 aromatic rings. The van der Waals surface area contributed by atoms with Gasteiger partial charge in [0.15, 0.2) is 0 Å². The van der Waals surface area contributed by atoms with Crippen LogP contribution in [0.5, 0.6) is 5.75 Å². The van der Waals surface area contributed by atoms with Crippen LogP contribution in [-0.4, -0.2) is 40.4 Å². The molecule has 3 aliphatic heterocycles. The Bertz CT molecular complexity index is 1740. The number of morpholine rings is 1. The van der Waals surface area contributed by atoms with Gasteiger partial charge in [0.25, 0.3) is 0 Å². The number of cyclic esters (lactones) is 1. The first-order chi connectivity index (χ1) is 21.5. The summed E-state index contributed by atoms with van der Waals surface area (Å²) >= 11 is 0. The van der Waals surface area contributed by atoms with E-state index in [0.29, 0.717) is 16.8 Å². The topological polar surface area (TPSA) is 108 Å². The normalized spacial score (nSPS) is 27.2. The van der Waals surface area contributed by atoms with Crippen molar-refractivity contribution in [3.05, 3.63) is 144 Å². The fraction of sp³-hybridized carbons (Fsp3) is 0.194. The first-order valence-corrected chi connectivity index (χ1v) is 14.6.